The molecule has 10 nitrogen and oxygen atoms in total. The van der Waals surface area contributed by atoms with Gasteiger partial charge in [-0.2, -0.15) is 0 Å². The molecule has 0 bridgehead atoms. The first-order chi connectivity index (χ1) is 16.7. The molecule has 2 aromatic heterocycles. The summed E-state index contributed by atoms with van der Waals surface area (Å²) in [5.41, 5.74) is -0.796. The zero-order valence-corrected chi connectivity index (χ0v) is 19.3. The Morgan fingerprint density at radius 2 is 1.94 bits per heavy atom. The lowest BCUT2D eigenvalue weighted by Gasteiger charge is -2.20. The Hall–Kier alpha value is -4.00. The number of aliphatic imine (C=N–C) groups is 1. The number of thioether (sulfide) groups is 1. The van der Waals surface area contributed by atoms with Crippen molar-refractivity contribution in [1.82, 2.24) is 19.4 Å². The van der Waals surface area contributed by atoms with Crippen LogP contribution in [0.25, 0.3) is 0 Å². The van der Waals surface area contributed by atoms with Gasteiger partial charge in [-0.05, 0) is 29.3 Å². The van der Waals surface area contributed by atoms with Gasteiger partial charge in [-0.1, -0.05) is 11.8 Å². The highest BCUT2D eigenvalue weighted by atomic mass is 32.2. The molecule has 0 saturated carbocycles. The monoisotopic (exact) mass is 503 g/mol. The molecule has 13 heteroatoms. The van der Waals surface area contributed by atoms with E-state index < -0.39 is 46.3 Å². The first kappa shape index (κ1) is 24.1. The highest BCUT2D eigenvalue weighted by Crippen LogP contribution is 2.32. The summed E-state index contributed by atoms with van der Waals surface area (Å²) in [6.07, 6.45) is 2.88. The normalized spacial score (nSPS) is 14.5. The number of benzene rings is 1. The maximum Gasteiger partial charge on any atom is 0.332 e. The molecule has 4 rings (SSSR count). The Balaban J connectivity index is 1.58. The van der Waals surface area contributed by atoms with Crippen LogP contribution in [0.1, 0.15) is 11.1 Å². The van der Waals surface area contributed by atoms with Crippen LogP contribution < -0.4 is 21.3 Å². The predicted molar refractivity (Wildman–Crippen MR) is 124 cm³/mol. The molecule has 1 aliphatic rings. The van der Waals surface area contributed by atoms with Gasteiger partial charge in [0.25, 0.3) is 5.56 Å². The molecule has 2 N–H and O–H groups in total. The smallest absolute Gasteiger partial charge is 0.332 e. The van der Waals surface area contributed by atoms with Crippen molar-refractivity contribution in [1.29, 1.82) is 0 Å². The van der Waals surface area contributed by atoms with Crippen LogP contribution >= 0.6 is 11.8 Å². The van der Waals surface area contributed by atoms with Crippen molar-refractivity contribution in [2.24, 2.45) is 12.0 Å². The number of nitrogens with one attached hydrogen (secondary N) is 1. The van der Waals surface area contributed by atoms with Crippen LogP contribution in [0.3, 0.4) is 0 Å². The molecule has 0 saturated heterocycles. The molecule has 0 radical (unpaired) electrons. The molecule has 0 spiro atoms. The number of halogens is 2. The molecule has 182 valence electrons. The highest BCUT2D eigenvalue weighted by Gasteiger charge is 2.28. The second-order valence-corrected chi connectivity index (χ2v) is 8.69. The van der Waals surface area contributed by atoms with Crippen molar-refractivity contribution in [3.05, 3.63) is 74.1 Å². The largest absolute Gasteiger partial charge is 0.503 e. The summed E-state index contributed by atoms with van der Waals surface area (Å²) in [5, 5.41) is 11.2. The number of phenols is 1. The summed E-state index contributed by atoms with van der Waals surface area (Å²) < 4.78 is 34.4. The van der Waals surface area contributed by atoms with Crippen LogP contribution in [0, 0.1) is 11.6 Å². The van der Waals surface area contributed by atoms with Gasteiger partial charge in [0.2, 0.25) is 11.8 Å². The third-order valence-electron chi connectivity index (χ3n) is 5.21. The minimum Gasteiger partial charge on any atom is -0.503 e. The van der Waals surface area contributed by atoms with Crippen molar-refractivity contribution in [2.75, 3.05) is 7.11 Å². The van der Waals surface area contributed by atoms with E-state index in [-0.39, 0.29) is 22.8 Å². The van der Waals surface area contributed by atoms with Gasteiger partial charge in [0, 0.05) is 32.1 Å². The molecule has 3 heterocycles. The van der Waals surface area contributed by atoms with Gasteiger partial charge in [0.05, 0.1) is 13.7 Å². The summed E-state index contributed by atoms with van der Waals surface area (Å²) in [6.45, 7) is -0.261. The summed E-state index contributed by atoms with van der Waals surface area (Å²) >= 11 is 0.911. The van der Waals surface area contributed by atoms with E-state index in [9.17, 15) is 28.3 Å². The Morgan fingerprint density at radius 1 is 1.23 bits per heavy atom. The van der Waals surface area contributed by atoms with Crippen LogP contribution in [0.2, 0.25) is 0 Å². The van der Waals surface area contributed by atoms with Gasteiger partial charge in [-0.15, -0.1) is 0 Å². The number of hydrogen-bond acceptors (Lipinski definition) is 8. The third-order valence-corrected chi connectivity index (χ3v) is 6.39. The van der Waals surface area contributed by atoms with Crippen LogP contribution in [0.15, 0.2) is 49.9 Å². The third kappa shape index (κ3) is 4.80. The number of amides is 1. The topological polar surface area (TPSA) is 128 Å². The molecular formula is C22H19F2N5O5S. The minimum atomic E-state index is -1.22. The molecule has 1 aliphatic heterocycles. The number of pyridine rings is 1. The lowest BCUT2D eigenvalue weighted by Crippen LogP contribution is -2.42. The Bertz CT molecular complexity index is 1450. The van der Waals surface area contributed by atoms with Gasteiger partial charge >= 0.3 is 5.69 Å². The molecule has 1 amide bonds. The van der Waals surface area contributed by atoms with Gasteiger partial charge in [-0.25, -0.2) is 23.6 Å². The van der Waals surface area contributed by atoms with Crippen LogP contribution in [0.5, 0.6) is 11.6 Å². The number of phenolic OH excluding ortho intramolecular Hbond substituents is 1. The van der Waals surface area contributed by atoms with Gasteiger partial charge in [-0.3, -0.25) is 18.7 Å². The number of aromatic nitrogens is 3. The average Bonchev–Trinajstić information content (AvgIpc) is 2.86. The van der Waals surface area contributed by atoms with E-state index in [0.717, 1.165) is 38.6 Å². The molecule has 35 heavy (non-hydrogen) atoms. The van der Waals surface area contributed by atoms with Crippen molar-refractivity contribution >= 4 is 29.7 Å². The Morgan fingerprint density at radius 3 is 2.63 bits per heavy atom. The zero-order valence-electron chi connectivity index (χ0n) is 18.5. The summed E-state index contributed by atoms with van der Waals surface area (Å²) in [5.74, 6) is -3.52. The summed E-state index contributed by atoms with van der Waals surface area (Å²) in [6, 6.07) is 5.05. The van der Waals surface area contributed by atoms with Gasteiger partial charge in [0.1, 0.15) is 10.1 Å². The molecular weight excluding hydrogens is 484 g/mol. The lowest BCUT2D eigenvalue weighted by molar-refractivity contribution is -0.119. The minimum absolute atomic E-state index is 0.0386. The quantitative estimate of drug-likeness (QED) is 0.522. The Labute approximate surface area is 200 Å². The molecule has 0 aliphatic carbocycles. The fourth-order valence-electron chi connectivity index (χ4n) is 3.39. The SMILES string of the molecule is COc1cc(CNC(=O)C2C=Nc3c(c(=O)n(Cc4cc(F)c(O)c(F)c4)c(=O)n3C)S2)ccn1. The van der Waals surface area contributed by atoms with E-state index in [4.69, 9.17) is 4.74 Å². The second kappa shape index (κ2) is 9.70. The van der Waals surface area contributed by atoms with E-state index in [1.807, 2.05) is 0 Å². The van der Waals surface area contributed by atoms with Crippen LogP contribution in [-0.4, -0.2) is 43.7 Å². The number of rotatable bonds is 6. The molecule has 1 atom stereocenters. The van der Waals surface area contributed by atoms with Crippen molar-refractivity contribution < 1.29 is 23.4 Å². The van der Waals surface area contributed by atoms with E-state index >= 15 is 0 Å². The van der Waals surface area contributed by atoms with E-state index in [1.54, 1.807) is 18.3 Å². The summed E-state index contributed by atoms with van der Waals surface area (Å²) in [7, 11) is 2.87. The number of methoxy groups -OCH3 is 1. The van der Waals surface area contributed by atoms with E-state index in [0.29, 0.717) is 5.88 Å². The fraction of sp³-hybridized carbons (Fsp3) is 0.227. The van der Waals surface area contributed by atoms with Gasteiger partial charge in [0.15, 0.2) is 23.2 Å². The molecule has 0 fully saturated rings. The van der Waals surface area contributed by atoms with Crippen LogP contribution in [0.4, 0.5) is 14.6 Å². The maximum absolute atomic E-state index is 13.7. The molecule has 1 aromatic carbocycles. The fourth-order valence-corrected chi connectivity index (χ4v) is 4.46. The Kier molecular flexibility index (Phi) is 6.69. The van der Waals surface area contributed by atoms with E-state index in [2.05, 4.69) is 15.3 Å². The number of carbonyl (C=O) groups is 1. The van der Waals surface area contributed by atoms with E-state index in [1.165, 1.54) is 20.4 Å². The number of ether oxygens (including phenoxy) is 1. The predicted octanol–water partition coefficient (Wildman–Crippen LogP) is 1.48. The average molecular weight is 503 g/mol. The number of nitrogens with zero attached hydrogens (tertiary/aromatic N) is 4. The number of aromatic hydroxyl groups is 1. The maximum atomic E-state index is 13.7. The molecule has 1 unspecified atom stereocenters. The second-order valence-electron chi connectivity index (χ2n) is 7.53. The zero-order chi connectivity index (χ0) is 25.3. The van der Waals surface area contributed by atoms with Crippen molar-refractivity contribution in [3.8, 4) is 11.6 Å². The first-order valence-electron chi connectivity index (χ1n) is 10.2. The number of carbonyl (C=O) groups excluding carboxylic acids is 1. The number of fused-ring (bicyclic) bond motifs is 1. The van der Waals surface area contributed by atoms with Crippen molar-refractivity contribution in [3.63, 3.8) is 0 Å². The first-order valence-corrected chi connectivity index (χ1v) is 11.1. The van der Waals surface area contributed by atoms with Gasteiger partial charge < -0.3 is 15.2 Å². The highest BCUT2D eigenvalue weighted by molar-refractivity contribution is 8.01. The van der Waals surface area contributed by atoms with Crippen molar-refractivity contribution in [2.45, 2.75) is 23.2 Å². The standard InChI is InChI=1S/C22H19F2N5O5S/c1-28-19-18(21(32)29(22(28)33)10-12-5-13(23)17(30)14(24)6-12)35-15(9-26-19)20(31)27-8-11-3-4-25-16(7-11)34-2/h3-7,9,15,30H,8,10H2,1-2H3,(H,27,31). The molecule has 3 aromatic rings. The lowest BCUT2D eigenvalue weighted by atomic mass is 10.2. The summed E-state index contributed by atoms with van der Waals surface area (Å²) in [4.78, 5) is 46.8. The number of hydrogen-bond donors (Lipinski definition) is 2. The van der Waals surface area contributed by atoms with Crippen LogP contribution in [-0.2, 0) is 24.9 Å².